The van der Waals surface area contributed by atoms with Gasteiger partial charge in [0.15, 0.2) is 0 Å². The highest BCUT2D eigenvalue weighted by molar-refractivity contribution is 4.89. The van der Waals surface area contributed by atoms with E-state index in [1.807, 2.05) is 0 Å². The molecular weight excluding hydrogens is 200 g/mol. The van der Waals surface area contributed by atoms with E-state index in [2.05, 4.69) is 17.3 Å². The first-order valence-corrected chi connectivity index (χ1v) is 6.87. The summed E-state index contributed by atoms with van der Waals surface area (Å²) in [6.45, 7) is 2.38. The van der Waals surface area contributed by atoms with Crippen LogP contribution in [-0.4, -0.2) is 48.8 Å². The Morgan fingerprint density at radius 2 is 1.94 bits per heavy atom. The fraction of sp³-hybridized carbons (Fsp3) is 1.00. The number of nitrogens with one attached hydrogen (secondary N) is 1. The predicted molar refractivity (Wildman–Crippen MR) is 66.5 cm³/mol. The van der Waals surface area contributed by atoms with Crippen molar-refractivity contribution in [1.82, 2.24) is 10.2 Å². The molecule has 3 heteroatoms. The van der Waals surface area contributed by atoms with Crippen molar-refractivity contribution in [2.45, 2.75) is 50.6 Å². The van der Waals surface area contributed by atoms with Crippen LogP contribution in [0.2, 0.25) is 0 Å². The van der Waals surface area contributed by atoms with Gasteiger partial charge in [0.05, 0.1) is 6.61 Å². The van der Waals surface area contributed by atoms with Crippen LogP contribution in [0.15, 0.2) is 0 Å². The quantitative estimate of drug-likeness (QED) is 0.715. The summed E-state index contributed by atoms with van der Waals surface area (Å²) in [5.41, 5.74) is 0. The van der Waals surface area contributed by atoms with Crippen LogP contribution in [0.4, 0.5) is 0 Å². The van der Waals surface area contributed by atoms with Gasteiger partial charge in [0.1, 0.15) is 0 Å². The lowest BCUT2D eigenvalue weighted by Gasteiger charge is -2.35. The monoisotopic (exact) mass is 226 g/mol. The highest BCUT2D eigenvalue weighted by atomic mass is 16.3. The molecule has 0 amide bonds. The summed E-state index contributed by atoms with van der Waals surface area (Å²) in [7, 11) is 2.09. The first-order chi connectivity index (χ1) is 7.85. The Kier molecular flexibility index (Phi) is 4.62. The molecule has 0 heterocycles. The van der Waals surface area contributed by atoms with Gasteiger partial charge in [0.2, 0.25) is 0 Å². The molecule has 2 aliphatic rings. The molecule has 2 rings (SSSR count). The van der Waals surface area contributed by atoms with Crippen LogP contribution >= 0.6 is 0 Å². The molecule has 0 aromatic rings. The summed E-state index contributed by atoms with van der Waals surface area (Å²) in [5, 5.41) is 12.6. The Labute approximate surface area is 99.2 Å². The number of aliphatic hydroxyl groups excluding tert-OH is 1. The zero-order valence-electron chi connectivity index (χ0n) is 10.5. The van der Waals surface area contributed by atoms with Crippen LogP contribution < -0.4 is 5.32 Å². The lowest BCUT2D eigenvalue weighted by atomic mass is 9.84. The molecule has 0 aromatic heterocycles. The number of aliphatic hydroxyl groups is 1. The number of nitrogens with zero attached hydrogens (tertiary/aromatic N) is 1. The van der Waals surface area contributed by atoms with Gasteiger partial charge in [-0.3, -0.25) is 4.90 Å². The van der Waals surface area contributed by atoms with Crippen molar-refractivity contribution in [3.8, 4) is 0 Å². The molecule has 0 aliphatic heterocycles. The smallest absolute Gasteiger partial charge is 0.0558 e. The highest BCUT2D eigenvalue weighted by Gasteiger charge is 2.32. The van der Waals surface area contributed by atoms with Crippen LogP contribution in [0.25, 0.3) is 0 Å². The third kappa shape index (κ3) is 3.19. The molecule has 94 valence electrons. The molecule has 0 saturated heterocycles. The van der Waals surface area contributed by atoms with Gasteiger partial charge < -0.3 is 10.4 Å². The largest absolute Gasteiger partial charge is 0.395 e. The molecule has 0 bridgehead atoms. The highest BCUT2D eigenvalue weighted by Crippen LogP contribution is 2.31. The van der Waals surface area contributed by atoms with Crippen molar-refractivity contribution >= 4 is 0 Å². The van der Waals surface area contributed by atoms with Crippen LogP contribution in [0, 0.1) is 5.92 Å². The second-order valence-corrected chi connectivity index (χ2v) is 5.39. The average Bonchev–Trinajstić information content (AvgIpc) is 3.13. The van der Waals surface area contributed by atoms with Gasteiger partial charge in [-0.1, -0.05) is 12.8 Å². The van der Waals surface area contributed by atoms with E-state index >= 15 is 0 Å². The van der Waals surface area contributed by atoms with E-state index in [4.69, 9.17) is 5.11 Å². The maximum atomic E-state index is 9.11. The predicted octanol–water partition coefficient (Wildman–Crippen LogP) is 1.22. The van der Waals surface area contributed by atoms with Crippen molar-refractivity contribution in [2.75, 3.05) is 26.7 Å². The van der Waals surface area contributed by atoms with Gasteiger partial charge in [-0.15, -0.1) is 0 Å². The Bertz CT molecular complexity index is 206. The number of hydrogen-bond acceptors (Lipinski definition) is 3. The molecule has 0 aromatic carbocycles. The summed E-state index contributed by atoms with van der Waals surface area (Å²) >= 11 is 0. The zero-order valence-corrected chi connectivity index (χ0v) is 10.5. The number of rotatable bonds is 6. The molecule has 16 heavy (non-hydrogen) atoms. The van der Waals surface area contributed by atoms with Crippen LogP contribution in [0.5, 0.6) is 0 Å². The van der Waals surface area contributed by atoms with Gasteiger partial charge in [0, 0.05) is 25.2 Å². The second kappa shape index (κ2) is 5.99. The van der Waals surface area contributed by atoms with E-state index < -0.39 is 0 Å². The molecule has 2 N–H and O–H groups in total. The van der Waals surface area contributed by atoms with Gasteiger partial charge in [-0.2, -0.15) is 0 Å². The van der Waals surface area contributed by atoms with Gasteiger partial charge in [0.25, 0.3) is 0 Å². The Morgan fingerprint density at radius 1 is 1.19 bits per heavy atom. The topological polar surface area (TPSA) is 35.5 Å². The van der Waals surface area contributed by atoms with E-state index in [0.717, 1.165) is 18.5 Å². The van der Waals surface area contributed by atoms with Crippen LogP contribution in [-0.2, 0) is 0 Å². The van der Waals surface area contributed by atoms with Gasteiger partial charge >= 0.3 is 0 Å². The maximum Gasteiger partial charge on any atom is 0.0558 e. The molecule has 2 aliphatic carbocycles. The van der Waals surface area contributed by atoms with Gasteiger partial charge in [-0.25, -0.2) is 0 Å². The van der Waals surface area contributed by atoms with E-state index in [1.54, 1.807) is 0 Å². The van der Waals surface area contributed by atoms with Crippen LogP contribution in [0.3, 0.4) is 0 Å². The van der Waals surface area contributed by atoms with E-state index in [0.29, 0.717) is 12.6 Å². The fourth-order valence-electron chi connectivity index (χ4n) is 3.10. The minimum absolute atomic E-state index is 0.313. The lowest BCUT2D eigenvalue weighted by Crippen LogP contribution is -2.44. The molecule has 2 fully saturated rings. The normalized spacial score (nSPS) is 30.9. The molecule has 2 unspecified atom stereocenters. The summed E-state index contributed by atoms with van der Waals surface area (Å²) < 4.78 is 0. The standard InChI is InChI=1S/C13H26N2O/c1-14-13-5-3-2-4-11(13)10-15(8-9-16)12-6-7-12/h11-14,16H,2-10H2,1H3. The van der Waals surface area contributed by atoms with E-state index in [-0.39, 0.29) is 0 Å². The lowest BCUT2D eigenvalue weighted by molar-refractivity contribution is 0.137. The van der Waals surface area contributed by atoms with Gasteiger partial charge in [-0.05, 0) is 38.6 Å². The molecule has 0 radical (unpaired) electrons. The van der Waals surface area contributed by atoms with E-state index in [9.17, 15) is 0 Å². The van der Waals surface area contributed by atoms with Crippen molar-refractivity contribution in [1.29, 1.82) is 0 Å². The zero-order chi connectivity index (χ0) is 11.4. The summed E-state index contributed by atoms with van der Waals surface area (Å²) in [4.78, 5) is 2.51. The van der Waals surface area contributed by atoms with Crippen LogP contribution in [0.1, 0.15) is 38.5 Å². The first-order valence-electron chi connectivity index (χ1n) is 6.87. The second-order valence-electron chi connectivity index (χ2n) is 5.39. The average molecular weight is 226 g/mol. The number of hydrogen-bond donors (Lipinski definition) is 2. The summed E-state index contributed by atoms with van der Waals surface area (Å²) in [5.74, 6) is 0.797. The van der Waals surface area contributed by atoms with E-state index in [1.165, 1.54) is 45.1 Å². The molecule has 0 spiro atoms. The third-order valence-electron chi connectivity index (χ3n) is 4.20. The Morgan fingerprint density at radius 3 is 2.56 bits per heavy atom. The Balaban J connectivity index is 1.84. The summed E-state index contributed by atoms with van der Waals surface area (Å²) in [6, 6.07) is 1.49. The molecule has 2 saturated carbocycles. The molecular formula is C13H26N2O. The maximum absolute atomic E-state index is 9.11. The first kappa shape index (κ1) is 12.3. The molecule has 2 atom stereocenters. The minimum atomic E-state index is 0.313. The Hall–Kier alpha value is -0.120. The van der Waals surface area contributed by atoms with Crippen molar-refractivity contribution < 1.29 is 5.11 Å². The van der Waals surface area contributed by atoms with Crippen molar-refractivity contribution in [3.63, 3.8) is 0 Å². The van der Waals surface area contributed by atoms with Crippen molar-refractivity contribution in [3.05, 3.63) is 0 Å². The fourth-order valence-corrected chi connectivity index (χ4v) is 3.10. The molecule has 3 nitrogen and oxygen atoms in total. The SMILES string of the molecule is CNC1CCCCC1CN(CCO)C1CC1. The van der Waals surface area contributed by atoms with Crippen molar-refractivity contribution in [2.24, 2.45) is 5.92 Å². The summed E-state index contributed by atoms with van der Waals surface area (Å²) in [6.07, 6.45) is 8.15. The third-order valence-corrected chi connectivity index (χ3v) is 4.20. The minimum Gasteiger partial charge on any atom is -0.395 e.